The van der Waals surface area contributed by atoms with Gasteiger partial charge in [-0.15, -0.1) is 0 Å². The van der Waals surface area contributed by atoms with Gasteiger partial charge in [0.05, 0.1) is 5.69 Å². The minimum Gasteiger partial charge on any atom is -0.489 e. The lowest BCUT2D eigenvalue weighted by Gasteiger charge is -2.29. The van der Waals surface area contributed by atoms with Crippen LogP contribution in [0.25, 0.3) is 0 Å². The molecule has 4 rings (SSSR count). The molecular formula is C26H25NO5. The molecule has 6 heteroatoms. The molecule has 32 heavy (non-hydrogen) atoms. The molecule has 0 spiro atoms. The fourth-order valence-electron chi connectivity index (χ4n) is 3.45. The minimum atomic E-state index is -0.174. The van der Waals surface area contributed by atoms with Crippen molar-refractivity contribution < 1.29 is 23.8 Å². The van der Waals surface area contributed by atoms with Crippen LogP contribution in [0.4, 0.5) is 5.69 Å². The van der Waals surface area contributed by atoms with E-state index in [9.17, 15) is 9.59 Å². The van der Waals surface area contributed by atoms with Crippen molar-refractivity contribution in [1.82, 2.24) is 0 Å². The Balaban J connectivity index is 1.35. The van der Waals surface area contributed by atoms with Crippen molar-refractivity contribution in [2.24, 2.45) is 0 Å². The van der Waals surface area contributed by atoms with Crippen molar-refractivity contribution in [2.45, 2.75) is 20.0 Å². The summed E-state index contributed by atoms with van der Waals surface area (Å²) < 4.78 is 16.9. The van der Waals surface area contributed by atoms with Crippen LogP contribution in [0, 0.1) is 0 Å². The van der Waals surface area contributed by atoms with Crippen LogP contribution in [0.5, 0.6) is 17.2 Å². The number of hydrogen-bond acceptors (Lipinski definition) is 5. The third-order valence-corrected chi connectivity index (χ3v) is 5.11. The van der Waals surface area contributed by atoms with Crippen LogP contribution in [0.15, 0.2) is 72.8 Å². The van der Waals surface area contributed by atoms with Crippen LogP contribution in [-0.2, 0) is 11.4 Å². The molecule has 0 atom stereocenters. The summed E-state index contributed by atoms with van der Waals surface area (Å²) in [5.74, 6) is 1.64. The number of nitrogens with zero attached hydrogens (tertiary/aromatic N) is 1. The number of ketones is 1. The molecule has 0 unspecified atom stereocenters. The van der Waals surface area contributed by atoms with E-state index in [-0.39, 0.29) is 24.9 Å². The zero-order valence-electron chi connectivity index (χ0n) is 18.0. The van der Waals surface area contributed by atoms with E-state index in [1.54, 1.807) is 35.2 Å². The second kappa shape index (κ2) is 10.0. The number of fused-ring (bicyclic) bond motifs is 1. The van der Waals surface area contributed by atoms with Gasteiger partial charge < -0.3 is 19.1 Å². The fraction of sp³-hybridized carbons (Fsp3) is 0.231. The lowest BCUT2D eigenvalue weighted by Crippen LogP contribution is -2.39. The van der Waals surface area contributed by atoms with E-state index in [0.29, 0.717) is 35.9 Å². The number of carbonyl (C=O) groups is 2. The highest BCUT2D eigenvalue weighted by Gasteiger charge is 2.25. The molecule has 3 aromatic rings. The maximum atomic E-state index is 12.7. The monoisotopic (exact) mass is 431 g/mol. The first-order valence-corrected chi connectivity index (χ1v) is 10.6. The fourth-order valence-corrected chi connectivity index (χ4v) is 3.45. The average Bonchev–Trinajstić information content (AvgIpc) is 2.84. The predicted molar refractivity (Wildman–Crippen MR) is 122 cm³/mol. The second-order valence-electron chi connectivity index (χ2n) is 7.47. The van der Waals surface area contributed by atoms with Gasteiger partial charge in [0, 0.05) is 12.1 Å². The van der Waals surface area contributed by atoms with Crippen LogP contribution in [0.2, 0.25) is 0 Å². The van der Waals surface area contributed by atoms with Crippen LogP contribution in [0.3, 0.4) is 0 Å². The van der Waals surface area contributed by atoms with Crippen LogP contribution < -0.4 is 19.1 Å². The number of hydrogen-bond donors (Lipinski definition) is 0. The number of carbonyl (C=O) groups excluding carboxylic acids is 2. The summed E-state index contributed by atoms with van der Waals surface area (Å²) in [6.07, 6.45) is 0.817. The molecule has 0 aromatic heterocycles. The van der Waals surface area contributed by atoms with Gasteiger partial charge >= 0.3 is 0 Å². The van der Waals surface area contributed by atoms with Crippen molar-refractivity contribution >= 4 is 17.4 Å². The molecule has 1 amide bonds. The Hall–Kier alpha value is -3.80. The molecule has 0 N–H and O–H groups in total. The molecule has 164 valence electrons. The quantitative estimate of drug-likeness (QED) is 0.461. The molecule has 1 aliphatic heterocycles. The summed E-state index contributed by atoms with van der Waals surface area (Å²) in [4.78, 5) is 26.5. The van der Waals surface area contributed by atoms with E-state index < -0.39 is 0 Å². The first kappa shape index (κ1) is 21.4. The van der Waals surface area contributed by atoms with Gasteiger partial charge in [-0.2, -0.15) is 0 Å². The van der Waals surface area contributed by atoms with E-state index in [1.807, 2.05) is 49.4 Å². The SMILES string of the molecule is CCCN1C(=O)COc2ccc(C(=O)COc3ccc(OCc4ccccc4)cc3)cc21. The molecule has 0 saturated heterocycles. The Kier molecular flexibility index (Phi) is 6.70. The van der Waals surface area contributed by atoms with E-state index >= 15 is 0 Å². The van der Waals surface area contributed by atoms with E-state index in [0.717, 1.165) is 17.7 Å². The Morgan fingerprint density at radius 3 is 2.41 bits per heavy atom. The summed E-state index contributed by atoms with van der Waals surface area (Å²) >= 11 is 0. The number of amides is 1. The zero-order chi connectivity index (χ0) is 22.3. The maximum absolute atomic E-state index is 12.7. The Bertz CT molecular complexity index is 1080. The van der Waals surface area contributed by atoms with Crippen LogP contribution in [0.1, 0.15) is 29.3 Å². The summed E-state index contributed by atoms with van der Waals surface area (Å²) in [5.41, 5.74) is 2.20. The number of benzene rings is 3. The van der Waals surface area contributed by atoms with Crippen molar-refractivity contribution in [3.05, 3.63) is 83.9 Å². The van der Waals surface area contributed by atoms with Crippen molar-refractivity contribution in [1.29, 1.82) is 0 Å². The third kappa shape index (κ3) is 5.09. The number of rotatable bonds is 9. The van der Waals surface area contributed by atoms with E-state index in [2.05, 4.69) is 0 Å². The second-order valence-corrected chi connectivity index (χ2v) is 7.47. The van der Waals surface area contributed by atoms with Crippen molar-refractivity contribution in [2.75, 3.05) is 24.7 Å². The van der Waals surface area contributed by atoms with Crippen molar-refractivity contribution in [3.63, 3.8) is 0 Å². The van der Waals surface area contributed by atoms with Gasteiger partial charge in [0.15, 0.2) is 19.0 Å². The Morgan fingerprint density at radius 1 is 0.969 bits per heavy atom. The lowest BCUT2D eigenvalue weighted by molar-refractivity contribution is -0.121. The summed E-state index contributed by atoms with van der Waals surface area (Å²) in [7, 11) is 0. The predicted octanol–water partition coefficient (Wildman–Crippen LogP) is 4.66. The van der Waals surface area contributed by atoms with Crippen LogP contribution in [-0.4, -0.2) is 31.4 Å². The molecule has 1 heterocycles. The summed E-state index contributed by atoms with van der Waals surface area (Å²) in [5, 5.41) is 0. The van der Waals surface area contributed by atoms with Gasteiger partial charge in [0.25, 0.3) is 5.91 Å². The summed E-state index contributed by atoms with van der Waals surface area (Å²) in [6, 6.07) is 22.2. The first-order valence-electron chi connectivity index (χ1n) is 10.6. The highest BCUT2D eigenvalue weighted by atomic mass is 16.5. The lowest BCUT2D eigenvalue weighted by atomic mass is 10.1. The van der Waals surface area contributed by atoms with Gasteiger partial charge in [0.2, 0.25) is 0 Å². The van der Waals surface area contributed by atoms with E-state index in [4.69, 9.17) is 14.2 Å². The topological polar surface area (TPSA) is 65.1 Å². The third-order valence-electron chi connectivity index (χ3n) is 5.11. The molecular weight excluding hydrogens is 406 g/mol. The van der Waals surface area contributed by atoms with Gasteiger partial charge in [0.1, 0.15) is 23.9 Å². The Labute approximate surface area is 187 Å². The number of anilines is 1. The number of Topliss-reactive ketones (excluding diaryl/α,β-unsaturated/α-hetero) is 1. The Morgan fingerprint density at radius 2 is 1.69 bits per heavy atom. The number of ether oxygens (including phenoxy) is 3. The first-order chi connectivity index (χ1) is 15.6. The summed E-state index contributed by atoms with van der Waals surface area (Å²) in [6.45, 7) is 2.99. The van der Waals surface area contributed by atoms with Crippen LogP contribution >= 0.6 is 0 Å². The molecule has 0 bridgehead atoms. The smallest absolute Gasteiger partial charge is 0.265 e. The van der Waals surface area contributed by atoms with Gasteiger partial charge in [-0.25, -0.2) is 0 Å². The van der Waals surface area contributed by atoms with Gasteiger partial charge in [-0.3, -0.25) is 9.59 Å². The molecule has 1 aliphatic rings. The van der Waals surface area contributed by atoms with Gasteiger partial charge in [-0.1, -0.05) is 37.3 Å². The normalized spacial score (nSPS) is 12.7. The molecule has 0 fully saturated rings. The van der Waals surface area contributed by atoms with Crippen molar-refractivity contribution in [3.8, 4) is 17.2 Å². The average molecular weight is 431 g/mol. The molecule has 6 nitrogen and oxygen atoms in total. The standard InChI is InChI=1S/C26H25NO5/c1-2-14-27-23-15-20(8-13-25(23)32-18-26(27)29)24(28)17-31-22-11-9-21(10-12-22)30-16-19-6-4-3-5-7-19/h3-13,15H,2,14,16-18H2,1H3. The molecule has 0 saturated carbocycles. The highest BCUT2D eigenvalue weighted by molar-refractivity contribution is 6.02. The minimum absolute atomic E-state index is 0.0223. The molecule has 3 aromatic carbocycles. The highest BCUT2D eigenvalue weighted by Crippen LogP contribution is 2.33. The van der Waals surface area contributed by atoms with Gasteiger partial charge in [-0.05, 0) is 54.4 Å². The zero-order valence-corrected chi connectivity index (χ0v) is 18.0. The molecule has 0 aliphatic carbocycles. The van der Waals surface area contributed by atoms with E-state index in [1.165, 1.54) is 0 Å². The largest absolute Gasteiger partial charge is 0.489 e. The molecule has 0 radical (unpaired) electrons. The maximum Gasteiger partial charge on any atom is 0.265 e.